The lowest BCUT2D eigenvalue weighted by atomic mass is 9.97. The Bertz CT molecular complexity index is 3810. The lowest BCUT2D eigenvalue weighted by molar-refractivity contribution is 0.103. The van der Waals surface area contributed by atoms with E-state index in [0.717, 1.165) is 114 Å². The van der Waals surface area contributed by atoms with Crippen LogP contribution >= 0.6 is 15.9 Å². The molecule has 8 aromatic carbocycles. The summed E-state index contributed by atoms with van der Waals surface area (Å²) < 4.78 is 25.6. The van der Waals surface area contributed by atoms with Crippen molar-refractivity contribution in [3.63, 3.8) is 0 Å². The van der Waals surface area contributed by atoms with E-state index in [1.54, 1.807) is 0 Å². The minimum atomic E-state index is 0.0187. The zero-order valence-corrected chi connectivity index (χ0v) is 31.2. The topological polar surface area (TPSA) is 86.7 Å². The molecule has 0 amide bonds. The van der Waals surface area contributed by atoms with Crippen molar-refractivity contribution in [1.82, 2.24) is 0 Å². The van der Waals surface area contributed by atoms with Gasteiger partial charge in [0.1, 0.15) is 44.7 Å². The zero-order chi connectivity index (χ0) is 37.7. The van der Waals surface area contributed by atoms with Crippen molar-refractivity contribution in [3.8, 4) is 22.3 Å². The second kappa shape index (κ2) is 11.0. The van der Waals surface area contributed by atoms with Crippen LogP contribution in [0.1, 0.15) is 31.8 Å². The van der Waals surface area contributed by atoms with E-state index in [1.807, 2.05) is 133 Å². The third kappa shape index (κ3) is 3.98. The summed E-state index contributed by atoms with van der Waals surface area (Å²) in [5.41, 5.74) is 12.7. The molecule has 0 radical (unpaired) electrons. The quantitative estimate of drug-likeness (QED) is 0.152. The van der Waals surface area contributed by atoms with Gasteiger partial charge in [-0.25, -0.2) is 0 Å². The Hall–Kier alpha value is -7.22. The predicted molar refractivity (Wildman–Crippen MR) is 227 cm³/mol. The fourth-order valence-electron chi connectivity index (χ4n) is 9.33. The van der Waals surface area contributed by atoms with E-state index in [-0.39, 0.29) is 11.6 Å². The summed E-state index contributed by atoms with van der Waals surface area (Å²) in [7, 11) is 0. The number of fused-ring (bicyclic) bond motifs is 22. The molecular weight excluding hydrogens is 776 g/mol. The molecule has 0 saturated carbocycles. The molecule has 0 bridgehead atoms. The van der Waals surface area contributed by atoms with E-state index in [1.165, 1.54) is 0 Å². The van der Waals surface area contributed by atoms with Crippen LogP contribution < -0.4 is 0 Å². The van der Waals surface area contributed by atoms with E-state index in [9.17, 15) is 9.59 Å². The highest BCUT2D eigenvalue weighted by Gasteiger charge is 2.35. The molecule has 266 valence electrons. The van der Waals surface area contributed by atoms with Gasteiger partial charge < -0.3 is 17.7 Å². The lowest BCUT2D eigenvalue weighted by Gasteiger charge is -2.05. The third-order valence-corrected chi connectivity index (χ3v) is 12.3. The molecule has 14 rings (SSSR count). The van der Waals surface area contributed by atoms with Gasteiger partial charge in [-0.05, 0) is 82.7 Å². The molecule has 7 heteroatoms. The standard InChI is InChI=1S/C25H11BrO3.C25H12O3/c26-16-11-15-23(25-20(16)12-5-1-4-8-18(12)29-25)22-14(24(15)27)9-10-19-21(22)13-6-2-3-7-17(13)28-19;26-24-16-11-12-20-21(15-6-2-4-8-19(15)27-20)22(16)23-17(24)10-9-14-13-5-1-3-7-18(13)28-25(14)23/h1-11H;1-12H. The van der Waals surface area contributed by atoms with Gasteiger partial charge in [-0.2, -0.15) is 0 Å². The molecule has 4 aromatic heterocycles. The van der Waals surface area contributed by atoms with Crippen LogP contribution in [0, 0.1) is 0 Å². The van der Waals surface area contributed by atoms with E-state index >= 15 is 0 Å². The average molecular weight is 800 g/mol. The van der Waals surface area contributed by atoms with Crippen LogP contribution in [-0.2, 0) is 0 Å². The maximum Gasteiger partial charge on any atom is 0.194 e. The molecule has 0 spiro atoms. The van der Waals surface area contributed by atoms with Crippen LogP contribution in [-0.4, -0.2) is 11.6 Å². The van der Waals surface area contributed by atoms with E-state index in [4.69, 9.17) is 17.7 Å². The summed E-state index contributed by atoms with van der Waals surface area (Å²) in [6.45, 7) is 0. The first kappa shape index (κ1) is 31.0. The van der Waals surface area contributed by atoms with Crippen molar-refractivity contribution in [3.05, 3.63) is 166 Å². The minimum absolute atomic E-state index is 0.0187. The molecule has 12 aromatic rings. The molecule has 0 aliphatic heterocycles. The fraction of sp³-hybridized carbons (Fsp3) is 0. The second-order valence-electron chi connectivity index (χ2n) is 14.6. The van der Waals surface area contributed by atoms with Crippen molar-refractivity contribution in [1.29, 1.82) is 0 Å². The number of para-hydroxylation sites is 4. The van der Waals surface area contributed by atoms with Gasteiger partial charge in [-0.15, -0.1) is 0 Å². The van der Waals surface area contributed by atoms with Crippen molar-refractivity contribution >= 4 is 115 Å². The summed E-state index contributed by atoms with van der Waals surface area (Å²) in [5.74, 6) is 0.0600. The molecule has 0 N–H and O–H groups in total. The monoisotopic (exact) mass is 798 g/mol. The largest absolute Gasteiger partial charge is 0.456 e. The Morgan fingerprint density at radius 2 is 0.754 bits per heavy atom. The Labute approximate surface area is 329 Å². The first-order chi connectivity index (χ1) is 28.0. The molecular formula is C50H23BrO6. The number of hydrogen-bond donors (Lipinski definition) is 0. The maximum absolute atomic E-state index is 13.3. The van der Waals surface area contributed by atoms with Gasteiger partial charge in [-0.1, -0.05) is 72.8 Å². The fourth-order valence-corrected chi connectivity index (χ4v) is 9.95. The van der Waals surface area contributed by atoms with Crippen molar-refractivity contribution in [2.75, 3.05) is 0 Å². The van der Waals surface area contributed by atoms with Crippen molar-refractivity contribution in [2.24, 2.45) is 0 Å². The Balaban J connectivity index is 0.000000119. The predicted octanol–water partition coefficient (Wildman–Crippen LogP) is 14.2. The molecule has 2 aliphatic carbocycles. The van der Waals surface area contributed by atoms with Gasteiger partial charge in [0.15, 0.2) is 11.6 Å². The van der Waals surface area contributed by atoms with Crippen LogP contribution in [0.15, 0.2) is 162 Å². The molecule has 0 saturated heterocycles. The smallest absolute Gasteiger partial charge is 0.194 e. The van der Waals surface area contributed by atoms with Gasteiger partial charge in [0.2, 0.25) is 0 Å². The molecule has 4 heterocycles. The van der Waals surface area contributed by atoms with Gasteiger partial charge >= 0.3 is 0 Å². The number of carbonyl (C=O) groups is 2. The highest BCUT2D eigenvalue weighted by Crippen LogP contribution is 2.52. The van der Waals surface area contributed by atoms with E-state index < -0.39 is 0 Å². The van der Waals surface area contributed by atoms with Crippen molar-refractivity contribution < 1.29 is 27.3 Å². The van der Waals surface area contributed by atoms with E-state index in [2.05, 4.69) is 22.0 Å². The zero-order valence-electron chi connectivity index (χ0n) is 29.6. The first-order valence-corrected chi connectivity index (χ1v) is 19.4. The SMILES string of the molecule is O=C1c2cc(Br)c3c(oc4ccccc43)c2-c2c1ccc1oc3ccccc3c21.O=C1c2ccc3c(oc4ccccc43)c2-c2c1ccc1oc3ccccc3c21. The van der Waals surface area contributed by atoms with Crippen LogP contribution in [0.5, 0.6) is 0 Å². The average Bonchev–Trinajstić information content (AvgIpc) is 4.08. The van der Waals surface area contributed by atoms with Crippen LogP contribution in [0.3, 0.4) is 0 Å². The number of rotatable bonds is 0. The number of hydrogen-bond acceptors (Lipinski definition) is 6. The van der Waals surface area contributed by atoms with Gasteiger partial charge in [0.25, 0.3) is 0 Å². The number of halogens is 1. The Kier molecular flexibility index (Phi) is 5.97. The second-order valence-corrected chi connectivity index (χ2v) is 15.5. The normalized spacial score (nSPS) is 13.1. The summed E-state index contributed by atoms with van der Waals surface area (Å²) in [5, 5.41) is 8.08. The highest BCUT2D eigenvalue weighted by molar-refractivity contribution is 9.10. The minimum Gasteiger partial charge on any atom is -0.456 e. The molecule has 0 unspecified atom stereocenters. The summed E-state index contributed by atoms with van der Waals surface area (Å²) in [6.07, 6.45) is 0. The molecule has 0 fully saturated rings. The molecule has 0 atom stereocenters. The van der Waals surface area contributed by atoms with Crippen molar-refractivity contribution in [2.45, 2.75) is 0 Å². The van der Waals surface area contributed by atoms with Crippen LogP contribution in [0.4, 0.5) is 0 Å². The lowest BCUT2D eigenvalue weighted by Crippen LogP contribution is -1.94. The van der Waals surface area contributed by atoms with Gasteiger partial charge in [-0.3, -0.25) is 9.59 Å². The third-order valence-electron chi connectivity index (χ3n) is 11.7. The molecule has 2 aliphatic rings. The molecule has 6 nitrogen and oxygen atoms in total. The van der Waals surface area contributed by atoms with E-state index in [0.29, 0.717) is 22.3 Å². The van der Waals surface area contributed by atoms with Gasteiger partial charge in [0, 0.05) is 92.1 Å². The van der Waals surface area contributed by atoms with Gasteiger partial charge in [0.05, 0.1) is 0 Å². The Morgan fingerprint density at radius 1 is 0.333 bits per heavy atom. The maximum atomic E-state index is 13.3. The first-order valence-electron chi connectivity index (χ1n) is 18.6. The number of carbonyl (C=O) groups excluding carboxylic acids is 2. The molecule has 57 heavy (non-hydrogen) atoms. The highest BCUT2D eigenvalue weighted by atomic mass is 79.9. The van der Waals surface area contributed by atoms with Crippen LogP contribution in [0.25, 0.3) is 110 Å². The summed E-state index contributed by atoms with van der Waals surface area (Å²) in [4.78, 5) is 26.5. The van der Waals surface area contributed by atoms with Crippen LogP contribution in [0.2, 0.25) is 0 Å². The summed E-state index contributed by atoms with van der Waals surface area (Å²) in [6, 6.07) is 45.2. The number of furan rings is 4. The Morgan fingerprint density at radius 3 is 1.35 bits per heavy atom. The summed E-state index contributed by atoms with van der Waals surface area (Å²) >= 11 is 3.67. The number of ketones is 2. The number of benzene rings is 8.